The number of methoxy groups -OCH3 is 1. The molecule has 0 radical (unpaired) electrons. The van der Waals surface area contributed by atoms with Gasteiger partial charge in [0.25, 0.3) is 5.56 Å². The molecule has 0 fully saturated rings. The molecule has 0 spiro atoms. The Morgan fingerprint density at radius 2 is 2.04 bits per heavy atom. The second-order valence-corrected chi connectivity index (χ2v) is 5.52. The van der Waals surface area contributed by atoms with Gasteiger partial charge in [0.15, 0.2) is 0 Å². The fraction of sp³-hybridized carbons (Fsp3) is 0.438. The minimum atomic E-state index is -0.767. The van der Waals surface area contributed by atoms with Crippen molar-refractivity contribution in [3.05, 3.63) is 34.6 Å². The summed E-state index contributed by atoms with van der Waals surface area (Å²) in [5.74, 6) is -1.12. The van der Waals surface area contributed by atoms with Gasteiger partial charge in [-0.25, -0.2) is 9.48 Å². The van der Waals surface area contributed by atoms with E-state index in [0.29, 0.717) is 17.3 Å². The van der Waals surface area contributed by atoms with Gasteiger partial charge in [-0.3, -0.25) is 9.59 Å². The van der Waals surface area contributed by atoms with Crippen LogP contribution in [0.5, 0.6) is 0 Å². The van der Waals surface area contributed by atoms with Crippen LogP contribution in [-0.2, 0) is 20.9 Å². The van der Waals surface area contributed by atoms with Crippen LogP contribution in [0, 0.1) is 5.92 Å². The lowest BCUT2D eigenvalue weighted by Gasteiger charge is -2.21. The number of nitrogens with zero attached hydrogens (tertiary/aromatic N) is 3. The molecule has 2 atom stereocenters. The number of carbonyl (C=O) groups excluding carboxylic acids is 2. The number of hydrogen-bond donors (Lipinski definition) is 1. The molecule has 0 aliphatic heterocycles. The van der Waals surface area contributed by atoms with Crippen LogP contribution >= 0.6 is 0 Å². The van der Waals surface area contributed by atoms with Gasteiger partial charge < -0.3 is 10.1 Å². The molecule has 2 aromatic rings. The van der Waals surface area contributed by atoms with Crippen molar-refractivity contribution in [2.45, 2.75) is 32.9 Å². The number of benzene rings is 1. The molecule has 24 heavy (non-hydrogen) atoms. The molecule has 2 rings (SSSR count). The molecule has 8 heteroatoms. The van der Waals surface area contributed by atoms with Crippen molar-refractivity contribution in [2.75, 3.05) is 7.11 Å². The fourth-order valence-electron chi connectivity index (χ4n) is 2.28. The van der Waals surface area contributed by atoms with Gasteiger partial charge in [-0.05, 0) is 18.1 Å². The smallest absolute Gasteiger partial charge is 0.328 e. The SMILES string of the molecule is CC[C@H](C)[C@H](NC(=O)Cn1nnc2ccccc2c1=O)C(=O)OC. The highest BCUT2D eigenvalue weighted by atomic mass is 16.5. The standard InChI is InChI=1S/C16H20N4O4/c1-4-10(2)14(16(23)24-3)17-13(21)9-20-15(22)11-7-5-6-8-12(11)18-19-20/h5-8,10,14H,4,9H2,1-3H3,(H,17,21)/t10-,14-/m0/s1. The van der Waals surface area contributed by atoms with Crippen molar-refractivity contribution in [1.29, 1.82) is 0 Å². The number of rotatable bonds is 6. The molecular weight excluding hydrogens is 312 g/mol. The van der Waals surface area contributed by atoms with Gasteiger partial charge in [0, 0.05) is 0 Å². The van der Waals surface area contributed by atoms with Gasteiger partial charge in [-0.1, -0.05) is 37.6 Å². The summed E-state index contributed by atoms with van der Waals surface area (Å²) >= 11 is 0. The average Bonchev–Trinajstić information content (AvgIpc) is 2.61. The zero-order valence-electron chi connectivity index (χ0n) is 13.9. The lowest BCUT2D eigenvalue weighted by atomic mass is 9.99. The van der Waals surface area contributed by atoms with Crippen molar-refractivity contribution in [3.8, 4) is 0 Å². The molecule has 0 unspecified atom stereocenters. The van der Waals surface area contributed by atoms with E-state index in [1.165, 1.54) is 7.11 Å². The van der Waals surface area contributed by atoms with Crippen LogP contribution in [0.3, 0.4) is 0 Å². The van der Waals surface area contributed by atoms with E-state index in [9.17, 15) is 14.4 Å². The molecule has 8 nitrogen and oxygen atoms in total. The number of hydrogen-bond acceptors (Lipinski definition) is 6. The number of carbonyl (C=O) groups is 2. The summed E-state index contributed by atoms with van der Waals surface area (Å²) in [4.78, 5) is 36.3. The Morgan fingerprint density at radius 3 is 2.71 bits per heavy atom. The molecular formula is C16H20N4O4. The monoisotopic (exact) mass is 332 g/mol. The molecule has 0 aliphatic rings. The molecule has 0 aliphatic carbocycles. The Hall–Kier alpha value is -2.77. The number of esters is 1. The van der Waals surface area contributed by atoms with E-state index in [1.807, 2.05) is 13.8 Å². The van der Waals surface area contributed by atoms with Gasteiger partial charge in [0.05, 0.1) is 12.5 Å². The van der Waals surface area contributed by atoms with E-state index in [4.69, 9.17) is 4.74 Å². The van der Waals surface area contributed by atoms with Crippen LogP contribution in [0.4, 0.5) is 0 Å². The number of fused-ring (bicyclic) bond motifs is 1. The molecule has 1 aromatic heterocycles. The van der Waals surface area contributed by atoms with Crippen molar-refractivity contribution >= 4 is 22.8 Å². The quantitative estimate of drug-likeness (QED) is 0.773. The molecule has 0 bridgehead atoms. The second kappa shape index (κ2) is 7.67. The zero-order valence-corrected chi connectivity index (χ0v) is 13.9. The third-order valence-corrected chi connectivity index (χ3v) is 3.91. The summed E-state index contributed by atoms with van der Waals surface area (Å²) in [6.45, 7) is 3.43. The van der Waals surface area contributed by atoms with E-state index in [2.05, 4.69) is 15.6 Å². The number of amides is 1. The van der Waals surface area contributed by atoms with Gasteiger partial charge >= 0.3 is 5.97 Å². The van der Waals surface area contributed by atoms with E-state index < -0.39 is 23.5 Å². The van der Waals surface area contributed by atoms with Crippen LogP contribution in [0.25, 0.3) is 10.9 Å². The van der Waals surface area contributed by atoms with Crippen LogP contribution < -0.4 is 10.9 Å². The number of ether oxygens (including phenoxy) is 1. The lowest BCUT2D eigenvalue weighted by Crippen LogP contribution is -2.47. The topological polar surface area (TPSA) is 103 Å². The Morgan fingerprint density at radius 1 is 1.33 bits per heavy atom. The molecule has 1 amide bonds. The fourth-order valence-corrected chi connectivity index (χ4v) is 2.28. The Labute approximate surface area is 138 Å². The van der Waals surface area contributed by atoms with Crippen LogP contribution in [0.2, 0.25) is 0 Å². The zero-order chi connectivity index (χ0) is 17.7. The molecule has 0 saturated carbocycles. The third kappa shape index (κ3) is 3.76. The Balaban J connectivity index is 2.18. The maximum Gasteiger partial charge on any atom is 0.328 e. The van der Waals surface area contributed by atoms with Crippen LogP contribution in [-0.4, -0.2) is 40.0 Å². The van der Waals surface area contributed by atoms with Crippen molar-refractivity contribution in [2.24, 2.45) is 5.92 Å². The summed E-state index contributed by atoms with van der Waals surface area (Å²) in [6.07, 6.45) is 0.690. The van der Waals surface area contributed by atoms with Crippen LogP contribution in [0.15, 0.2) is 29.1 Å². The van der Waals surface area contributed by atoms with Crippen molar-refractivity contribution < 1.29 is 14.3 Å². The molecule has 0 saturated heterocycles. The third-order valence-electron chi connectivity index (χ3n) is 3.91. The van der Waals surface area contributed by atoms with E-state index in [0.717, 1.165) is 4.68 Å². The number of aromatic nitrogens is 3. The summed E-state index contributed by atoms with van der Waals surface area (Å²) in [5, 5.41) is 10.7. The van der Waals surface area contributed by atoms with Gasteiger partial charge in [0.2, 0.25) is 5.91 Å². The minimum Gasteiger partial charge on any atom is -0.467 e. The van der Waals surface area contributed by atoms with Gasteiger partial charge in [-0.15, -0.1) is 5.10 Å². The predicted octanol–water partition coefficient (Wildman–Crippen LogP) is 0.495. The molecule has 1 heterocycles. The predicted molar refractivity (Wildman–Crippen MR) is 87.2 cm³/mol. The lowest BCUT2D eigenvalue weighted by molar-refractivity contribution is -0.146. The highest BCUT2D eigenvalue weighted by Gasteiger charge is 2.26. The number of nitrogens with one attached hydrogen (secondary N) is 1. The maximum absolute atomic E-state index is 12.3. The molecule has 1 aromatic carbocycles. The molecule has 128 valence electrons. The van der Waals surface area contributed by atoms with Crippen molar-refractivity contribution in [1.82, 2.24) is 20.3 Å². The summed E-state index contributed by atoms with van der Waals surface area (Å²) in [5.41, 5.74) is 0.0557. The highest BCUT2D eigenvalue weighted by molar-refractivity contribution is 5.84. The summed E-state index contributed by atoms with van der Waals surface area (Å²) in [7, 11) is 1.27. The Bertz CT molecular complexity index is 802. The van der Waals surface area contributed by atoms with Gasteiger partial charge in [0.1, 0.15) is 18.1 Å². The molecule has 1 N–H and O–H groups in total. The minimum absolute atomic E-state index is 0.0965. The Kier molecular flexibility index (Phi) is 5.62. The summed E-state index contributed by atoms with van der Waals surface area (Å²) in [6, 6.07) is 5.99. The first-order chi connectivity index (χ1) is 11.5. The van der Waals surface area contributed by atoms with Gasteiger partial charge in [-0.2, -0.15) is 0 Å². The normalized spacial score (nSPS) is 13.3. The maximum atomic E-state index is 12.3. The highest BCUT2D eigenvalue weighted by Crippen LogP contribution is 2.09. The van der Waals surface area contributed by atoms with E-state index in [-0.39, 0.29) is 12.5 Å². The average molecular weight is 332 g/mol. The first-order valence-corrected chi connectivity index (χ1v) is 7.67. The first kappa shape index (κ1) is 17.6. The second-order valence-electron chi connectivity index (χ2n) is 5.52. The summed E-state index contributed by atoms with van der Waals surface area (Å²) < 4.78 is 5.69. The van der Waals surface area contributed by atoms with Crippen LogP contribution in [0.1, 0.15) is 20.3 Å². The first-order valence-electron chi connectivity index (χ1n) is 7.67. The van der Waals surface area contributed by atoms with Crippen molar-refractivity contribution in [3.63, 3.8) is 0 Å². The van der Waals surface area contributed by atoms with E-state index >= 15 is 0 Å². The van der Waals surface area contributed by atoms with E-state index in [1.54, 1.807) is 24.3 Å². The largest absolute Gasteiger partial charge is 0.467 e.